The molecule has 1 fully saturated rings. The molecule has 0 unspecified atom stereocenters. The molecule has 2 aromatic carbocycles. The number of methoxy groups -OCH3 is 1. The molecule has 0 saturated heterocycles. The highest BCUT2D eigenvalue weighted by molar-refractivity contribution is 5.94. The van der Waals surface area contributed by atoms with E-state index in [1.54, 1.807) is 7.11 Å². The summed E-state index contributed by atoms with van der Waals surface area (Å²) in [5.74, 6) is 1.19. The third kappa shape index (κ3) is 2.59. The second kappa shape index (κ2) is 5.48. The SMILES string of the molecule is COc1ccc([C@H]2[C@H](NC(=O)c3ccccc3)C2(C)C)cc1. The molecule has 1 aliphatic carbocycles. The van der Waals surface area contributed by atoms with E-state index in [1.807, 2.05) is 42.5 Å². The molecule has 0 spiro atoms. The third-order valence-corrected chi connectivity index (χ3v) is 4.62. The van der Waals surface area contributed by atoms with Crippen molar-refractivity contribution in [3.63, 3.8) is 0 Å². The average molecular weight is 295 g/mol. The molecule has 0 bridgehead atoms. The van der Waals surface area contributed by atoms with E-state index < -0.39 is 0 Å². The van der Waals surface area contributed by atoms with Gasteiger partial charge in [-0.1, -0.05) is 44.2 Å². The Morgan fingerprint density at radius 1 is 1.05 bits per heavy atom. The van der Waals surface area contributed by atoms with E-state index in [2.05, 4.69) is 31.3 Å². The fourth-order valence-corrected chi connectivity index (χ4v) is 3.15. The zero-order chi connectivity index (χ0) is 15.7. The lowest BCUT2D eigenvalue weighted by Gasteiger charge is -2.06. The van der Waals surface area contributed by atoms with Crippen LogP contribution in [-0.4, -0.2) is 19.1 Å². The molecule has 1 N–H and O–H groups in total. The quantitative estimate of drug-likeness (QED) is 0.935. The van der Waals surface area contributed by atoms with Crippen LogP contribution in [-0.2, 0) is 0 Å². The normalized spacial score (nSPS) is 22.0. The molecule has 3 nitrogen and oxygen atoms in total. The van der Waals surface area contributed by atoms with Crippen LogP contribution in [0, 0.1) is 5.41 Å². The molecule has 3 heteroatoms. The molecule has 0 radical (unpaired) electrons. The first kappa shape index (κ1) is 14.6. The summed E-state index contributed by atoms with van der Waals surface area (Å²) in [5, 5.41) is 3.17. The summed E-state index contributed by atoms with van der Waals surface area (Å²) in [4.78, 5) is 12.3. The lowest BCUT2D eigenvalue weighted by Crippen LogP contribution is -2.28. The van der Waals surface area contributed by atoms with Crippen molar-refractivity contribution in [1.82, 2.24) is 5.32 Å². The van der Waals surface area contributed by atoms with Gasteiger partial charge in [-0.3, -0.25) is 4.79 Å². The van der Waals surface area contributed by atoms with E-state index in [0.717, 1.165) is 5.75 Å². The van der Waals surface area contributed by atoms with Gasteiger partial charge in [0.2, 0.25) is 0 Å². The maximum Gasteiger partial charge on any atom is 0.251 e. The van der Waals surface area contributed by atoms with Crippen LogP contribution in [0.3, 0.4) is 0 Å². The Morgan fingerprint density at radius 3 is 2.27 bits per heavy atom. The molecule has 1 amide bonds. The van der Waals surface area contributed by atoms with Crippen LogP contribution in [0.25, 0.3) is 0 Å². The maximum absolute atomic E-state index is 12.3. The predicted molar refractivity (Wildman–Crippen MR) is 87.2 cm³/mol. The summed E-state index contributed by atoms with van der Waals surface area (Å²) in [6, 6.07) is 17.6. The summed E-state index contributed by atoms with van der Waals surface area (Å²) in [5.41, 5.74) is 2.02. The topological polar surface area (TPSA) is 38.3 Å². The summed E-state index contributed by atoms with van der Waals surface area (Å²) in [6.45, 7) is 4.38. The van der Waals surface area contributed by atoms with Gasteiger partial charge in [0.25, 0.3) is 5.91 Å². The highest BCUT2D eigenvalue weighted by Gasteiger charge is 2.59. The second-order valence-electron chi connectivity index (χ2n) is 6.39. The van der Waals surface area contributed by atoms with E-state index in [-0.39, 0.29) is 17.4 Å². The summed E-state index contributed by atoms with van der Waals surface area (Å²) in [7, 11) is 1.67. The zero-order valence-corrected chi connectivity index (χ0v) is 13.2. The number of hydrogen-bond donors (Lipinski definition) is 1. The molecule has 0 aromatic heterocycles. The Balaban J connectivity index is 1.73. The molecule has 2 atom stereocenters. The van der Waals surface area contributed by atoms with Crippen molar-refractivity contribution in [2.45, 2.75) is 25.8 Å². The number of rotatable bonds is 4. The first-order chi connectivity index (χ1) is 10.5. The first-order valence-electron chi connectivity index (χ1n) is 7.54. The van der Waals surface area contributed by atoms with Crippen molar-refractivity contribution in [3.05, 3.63) is 65.7 Å². The van der Waals surface area contributed by atoms with Crippen molar-refractivity contribution in [2.75, 3.05) is 7.11 Å². The van der Waals surface area contributed by atoms with E-state index in [4.69, 9.17) is 4.74 Å². The van der Waals surface area contributed by atoms with Gasteiger partial charge < -0.3 is 10.1 Å². The van der Waals surface area contributed by atoms with Gasteiger partial charge in [0.15, 0.2) is 0 Å². The number of amides is 1. The minimum atomic E-state index is -0.00492. The van der Waals surface area contributed by atoms with E-state index in [0.29, 0.717) is 11.5 Å². The van der Waals surface area contributed by atoms with E-state index in [1.165, 1.54) is 5.56 Å². The van der Waals surface area contributed by atoms with Gasteiger partial charge in [0.05, 0.1) is 7.11 Å². The van der Waals surface area contributed by atoms with E-state index >= 15 is 0 Å². The Morgan fingerprint density at radius 2 is 1.68 bits per heavy atom. The number of nitrogens with one attached hydrogen (secondary N) is 1. The standard InChI is InChI=1S/C19H21NO2/c1-19(2)16(13-9-11-15(22-3)12-10-13)17(19)20-18(21)14-7-5-4-6-8-14/h4-12,16-17H,1-3H3,(H,20,21)/t16-,17-/m0/s1. The fourth-order valence-electron chi connectivity index (χ4n) is 3.15. The van der Waals surface area contributed by atoms with Crippen LogP contribution in [0.4, 0.5) is 0 Å². The Hall–Kier alpha value is -2.29. The molecular formula is C19H21NO2. The van der Waals surface area contributed by atoms with Crippen molar-refractivity contribution in [2.24, 2.45) is 5.41 Å². The highest BCUT2D eigenvalue weighted by atomic mass is 16.5. The summed E-state index contributed by atoms with van der Waals surface area (Å²) < 4.78 is 5.20. The van der Waals surface area contributed by atoms with Gasteiger partial charge >= 0.3 is 0 Å². The third-order valence-electron chi connectivity index (χ3n) is 4.62. The molecule has 0 heterocycles. The van der Waals surface area contributed by atoms with E-state index in [9.17, 15) is 4.79 Å². The molecule has 3 rings (SSSR count). The molecule has 1 saturated carbocycles. The van der Waals surface area contributed by atoms with Gasteiger partial charge in [-0.2, -0.15) is 0 Å². The number of benzene rings is 2. The summed E-state index contributed by atoms with van der Waals surface area (Å²) in [6.07, 6.45) is 0. The maximum atomic E-state index is 12.3. The molecule has 1 aliphatic rings. The Bertz CT molecular complexity index is 662. The van der Waals surface area contributed by atoms with Gasteiger partial charge in [0.1, 0.15) is 5.75 Å². The minimum Gasteiger partial charge on any atom is -0.497 e. The van der Waals surface area contributed by atoms with Gasteiger partial charge in [-0.25, -0.2) is 0 Å². The second-order valence-corrected chi connectivity index (χ2v) is 6.39. The van der Waals surface area contributed by atoms with Crippen LogP contribution >= 0.6 is 0 Å². The zero-order valence-electron chi connectivity index (χ0n) is 13.2. The van der Waals surface area contributed by atoms with Gasteiger partial charge in [-0.15, -0.1) is 0 Å². The predicted octanol–water partition coefficient (Wildman–Crippen LogP) is 3.62. The van der Waals surface area contributed by atoms with Crippen molar-refractivity contribution >= 4 is 5.91 Å². The van der Waals surface area contributed by atoms with Crippen molar-refractivity contribution in [1.29, 1.82) is 0 Å². The highest BCUT2D eigenvalue weighted by Crippen LogP contribution is 2.58. The number of hydrogen-bond acceptors (Lipinski definition) is 2. The fraction of sp³-hybridized carbons (Fsp3) is 0.316. The van der Waals surface area contributed by atoms with Gasteiger partial charge in [-0.05, 0) is 35.2 Å². The molecule has 0 aliphatic heterocycles. The largest absolute Gasteiger partial charge is 0.497 e. The lowest BCUT2D eigenvalue weighted by molar-refractivity contribution is 0.0946. The van der Waals surface area contributed by atoms with Gasteiger partial charge in [0, 0.05) is 17.5 Å². The lowest BCUT2D eigenvalue weighted by atomic mass is 10.0. The van der Waals surface area contributed by atoms with Crippen molar-refractivity contribution in [3.8, 4) is 5.75 Å². The monoisotopic (exact) mass is 295 g/mol. The van der Waals surface area contributed by atoms with Crippen LogP contribution < -0.4 is 10.1 Å². The van der Waals surface area contributed by atoms with Crippen LogP contribution in [0.15, 0.2) is 54.6 Å². The number of ether oxygens (including phenoxy) is 1. The summed E-state index contributed by atoms with van der Waals surface area (Å²) >= 11 is 0. The van der Waals surface area contributed by atoms with Crippen LogP contribution in [0.5, 0.6) is 5.75 Å². The average Bonchev–Trinajstić information content (AvgIpc) is 3.08. The molecule has 114 valence electrons. The first-order valence-corrected chi connectivity index (χ1v) is 7.54. The number of carbonyl (C=O) groups excluding carboxylic acids is 1. The van der Waals surface area contributed by atoms with Crippen molar-refractivity contribution < 1.29 is 9.53 Å². The van der Waals surface area contributed by atoms with Crippen LogP contribution in [0.2, 0.25) is 0 Å². The Labute approximate surface area is 131 Å². The molecular weight excluding hydrogens is 274 g/mol. The Kier molecular flexibility index (Phi) is 3.65. The molecule has 2 aromatic rings. The molecule has 22 heavy (non-hydrogen) atoms. The smallest absolute Gasteiger partial charge is 0.251 e. The van der Waals surface area contributed by atoms with Crippen LogP contribution in [0.1, 0.15) is 35.7 Å². The number of carbonyl (C=O) groups is 1. The minimum absolute atomic E-state index is 0.00492.